The maximum atomic E-state index is 13.6. The predicted molar refractivity (Wildman–Crippen MR) is 154 cm³/mol. The molecule has 1 saturated heterocycles. The molecule has 1 aliphatic carbocycles. The Bertz CT molecular complexity index is 1360. The van der Waals surface area contributed by atoms with Crippen LogP contribution in [0.2, 0.25) is 5.02 Å². The van der Waals surface area contributed by atoms with Crippen molar-refractivity contribution in [2.24, 2.45) is 0 Å². The molecule has 0 atom stereocenters. The van der Waals surface area contributed by atoms with Gasteiger partial charge < -0.3 is 10.2 Å². The van der Waals surface area contributed by atoms with E-state index in [0.717, 1.165) is 53.9 Å². The molecule has 2 aliphatic rings. The fourth-order valence-corrected chi connectivity index (χ4v) is 6.35. The number of carbonyl (C=O) groups is 2. The molecule has 5 rings (SSSR count). The van der Waals surface area contributed by atoms with E-state index in [1.807, 2.05) is 71.6 Å². The number of benzene rings is 3. The Kier molecular flexibility index (Phi) is 8.71. The van der Waals surface area contributed by atoms with Gasteiger partial charge in [-0.25, -0.2) is 0 Å². The molecule has 1 aliphatic heterocycles. The van der Waals surface area contributed by atoms with Gasteiger partial charge in [-0.15, -0.1) is 0 Å². The third-order valence-electron chi connectivity index (χ3n) is 8.20. The summed E-state index contributed by atoms with van der Waals surface area (Å²) in [5, 5.41) is 2.79. The fraction of sp³-hybridized carbons (Fsp3) is 0.375. The van der Waals surface area contributed by atoms with Crippen LogP contribution in [0.15, 0.2) is 72.8 Å². The second-order valence-electron chi connectivity index (χ2n) is 10.7. The van der Waals surface area contributed by atoms with E-state index in [2.05, 4.69) is 10.2 Å². The maximum absolute atomic E-state index is 13.6. The van der Waals surface area contributed by atoms with E-state index in [-0.39, 0.29) is 12.3 Å². The molecular weight excluding hydrogens is 551 g/mol. The van der Waals surface area contributed by atoms with Gasteiger partial charge in [-0.2, -0.15) is 13.2 Å². The molecule has 3 aromatic carbocycles. The van der Waals surface area contributed by atoms with Gasteiger partial charge in [0.25, 0.3) is 0 Å². The van der Waals surface area contributed by atoms with Crippen LogP contribution in [0, 0.1) is 0 Å². The molecule has 41 heavy (non-hydrogen) atoms. The molecule has 1 heterocycles. The largest absolute Gasteiger partial charge is 0.405 e. The van der Waals surface area contributed by atoms with Gasteiger partial charge in [0.05, 0.1) is 6.42 Å². The van der Waals surface area contributed by atoms with E-state index in [0.29, 0.717) is 31.0 Å². The van der Waals surface area contributed by atoms with E-state index in [9.17, 15) is 22.8 Å². The minimum atomic E-state index is -4.49. The number of alkyl halides is 3. The normalized spacial score (nSPS) is 16.2. The van der Waals surface area contributed by atoms with Gasteiger partial charge >= 0.3 is 6.18 Å². The van der Waals surface area contributed by atoms with Crippen molar-refractivity contribution < 1.29 is 22.8 Å². The van der Waals surface area contributed by atoms with E-state index in [1.54, 1.807) is 6.07 Å². The maximum Gasteiger partial charge on any atom is 0.405 e. The highest BCUT2D eigenvalue weighted by Gasteiger charge is 2.49. The number of amides is 2. The first-order valence-electron chi connectivity index (χ1n) is 14.0. The van der Waals surface area contributed by atoms with Crippen molar-refractivity contribution in [1.29, 1.82) is 0 Å². The monoisotopic (exact) mass is 583 g/mol. The van der Waals surface area contributed by atoms with Crippen LogP contribution in [0.5, 0.6) is 0 Å². The first-order valence-corrected chi connectivity index (χ1v) is 14.3. The third-order valence-corrected chi connectivity index (χ3v) is 8.57. The summed E-state index contributed by atoms with van der Waals surface area (Å²) < 4.78 is 39.3. The second kappa shape index (κ2) is 12.2. The zero-order valence-electron chi connectivity index (χ0n) is 22.7. The molecule has 0 radical (unpaired) electrons. The van der Waals surface area contributed by atoms with Crippen LogP contribution in [-0.2, 0) is 21.4 Å². The van der Waals surface area contributed by atoms with Gasteiger partial charge in [0.1, 0.15) is 12.0 Å². The summed E-state index contributed by atoms with van der Waals surface area (Å²) in [6.45, 7) is 2.18. The number of halogens is 4. The van der Waals surface area contributed by atoms with E-state index >= 15 is 0 Å². The molecule has 2 amide bonds. The molecular formula is C32H33ClF3N3O2. The van der Waals surface area contributed by atoms with E-state index < -0.39 is 24.0 Å². The smallest absolute Gasteiger partial charge is 0.346 e. The summed E-state index contributed by atoms with van der Waals surface area (Å²) in [6, 6.07) is 22.4. The average Bonchev–Trinajstić information content (AvgIpc) is 3.26. The first kappa shape index (κ1) is 29.1. The highest BCUT2D eigenvalue weighted by atomic mass is 35.5. The quantitative estimate of drug-likeness (QED) is 0.322. The van der Waals surface area contributed by atoms with Gasteiger partial charge in [0.15, 0.2) is 0 Å². The molecule has 0 bridgehead atoms. The van der Waals surface area contributed by atoms with Crippen LogP contribution in [0.25, 0.3) is 11.1 Å². The highest BCUT2D eigenvalue weighted by molar-refractivity contribution is 6.31. The molecule has 1 N–H and O–H groups in total. The molecule has 5 nitrogen and oxygen atoms in total. The van der Waals surface area contributed by atoms with Gasteiger partial charge in [0, 0.05) is 31.2 Å². The lowest BCUT2D eigenvalue weighted by Gasteiger charge is -2.35. The number of nitrogens with one attached hydrogen (secondary N) is 1. The van der Waals surface area contributed by atoms with Gasteiger partial charge in [-0.1, -0.05) is 84.8 Å². The van der Waals surface area contributed by atoms with Crippen LogP contribution in [0.4, 0.5) is 13.2 Å². The lowest BCUT2D eigenvalue weighted by molar-refractivity contribution is -0.141. The number of nitrogens with zero attached hydrogens (tertiary/aromatic N) is 2. The lowest BCUT2D eigenvalue weighted by atomic mass is 9.73. The zero-order valence-corrected chi connectivity index (χ0v) is 23.5. The number of piperazine rings is 1. The molecule has 0 aromatic heterocycles. The molecule has 3 aromatic rings. The molecule has 1 fully saturated rings. The Morgan fingerprint density at radius 1 is 0.829 bits per heavy atom. The Balaban J connectivity index is 1.21. The lowest BCUT2D eigenvalue weighted by Crippen LogP contribution is -2.49. The number of fused-ring (bicyclic) bond motifs is 3. The summed E-state index contributed by atoms with van der Waals surface area (Å²) >= 11 is 6.22. The Hall–Kier alpha value is -3.36. The van der Waals surface area contributed by atoms with Gasteiger partial charge in [0.2, 0.25) is 11.8 Å². The third kappa shape index (κ3) is 6.28. The number of carbonyl (C=O) groups excluding carboxylic acids is 2. The molecule has 0 spiro atoms. The number of hydrogen-bond donors (Lipinski definition) is 1. The van der Waals surface area contributed by atoms with Crippen LogP contribution < -0.4 is 5.32 Å². The average molecular weight is 584 g/mol. The number of rotatable bonds is 9. The van der Waals surface area contributed by atoms with Crippen molar-refractivity contribution in [2.75, 3.05) is 39.3 Å². The predicted octanol–water partition coefficient (Wildman–Crippen LogP) is 5.84. The second-order valence-corrected chi connectivity index (χ2v) is 11.1. The summed E-state index contributed by atoms with van der Waals surface area (Å²) in [7, 11) is 0. The summed E-state index contributed by atoms with van der Waals surface area (Å²) in [6.07, 6.45) is -2.37. The van der Waals surface area contributed by atoms with Crippen LogP contribution >= 0.6 is 11.6 Å². The Labute approximate surface area is 243 Å². The molecule has 0 saturated carbocycles. The van der Waals surface area contributed by atoms with E-state index in [4.69, 9.17) is 11.6 Å². The minimum Gasteiger partial charge on any atom is -0.346 e. The molecule has 216 valence electrons. The van der Waals surface area contributed by atoms with Crippen LogP contribution in [0.3, 0.4) is 0 Å². The zero-order chi connectivity index (χ0) is 29.0. The summed E-state index contributed by atoms with van der Waals surface area (Å²) in [5.74, 6) is -0.555. The Morgan fingerprint density at radius 2 is 1.41 bits per heavy atom. The standard InChI is InChI=1S/C32H33ClF3N3O2/c33-28-14-6-1-9-23(28)21-29(40)39-19-17-38(18-20-39)16-8-7-15-31(30(41)37-22-32(34,35)36)26-12-4-2-10-24(26)25-11-3-5-13-27(25)31/h1-6,9-14H,7-8,15-22H2,(H,37,41). The summed E-state index contributed by atoms with van der Waals surface area (Å²) in [4.78, 5) is 30.6. The number of hydrogen-bond acceptors (Lipinski definition) is 3. The van der Waals surface area contributed by atoms with Crippen molar-refractivity contribution in [3.63, 3.8) is 0 Å². The molecule has 0 unspecified atom stereocenters. The SMILES string of the molecule is O=C(Cc1ccccc1Cl)N1CCN(CCCCC2(C(=O)NCC(F)(F)F)c3ccccc3-c3ccccc32)CC1. The minimum absolute atomic E-state index is 0.0584. The van der Waals surface area contributed by atoms with Crippen molar-refractivity contribution in [2.45, 2.75) is 37.3 Å². The van der Waals surface area contributed by atoms with Gasteiger partial charge in [-0.05, 0) is 53.3 Å². The van der Waals surface area contributed by atoms with Crippen LogP contribution in [-0.4, -0.2) is 67.1 Å². The number of unbranched alkanes of at least 4 members (excludes halogenated alkanes) is 1. The fourth-order valence-electron chi connectivity index (χ4n) is 6.15. The van der Waals surface area contributed by atoms with Crippen molar-refractivity contribution in [3.8, 4) is 11.1 Å². The Morgan fingerprint density at radius 3 is 2.02 bits per heavy atom. The summed E-state index contributed by atoms with van der Waals surface area (Å²) in [5.41, 5.74) is 2.94. The van der Waals surface area contributed by atoms with Gasteiger partial charge in [-0.3, -0.25) is 14.5 Å². The topological polar surface area (TPSA) is 52.7 Å². The van der Waals surface area contributed by atoms with Crippen molar-refractivity contribution >= 4 is 23.4 Å². The van der Waals surface area contributed by atoms with Crippen molar-refractivity contribution in [1.82, 2.24) is 15.1 Å². The van der Waals surface area contributed by atoms with Crippen molar-refractivity contribution in [3.05, 3.63) is 94.5 Å². The highest BCUT2D eigenvalue weighted by Crippen LogP contribution is 2.51. The van der Waals surface area contributed by atoms with E-state index in [1.165, 1.54) is 0 Å². The molecule has 9 heteroatoms. The van der Waals surface area contributed by atoms with Crippen LogP contribution in [0.1, 0.15) is 36.0 Å². The first-order chi connectivity index (χ1) is 19.7.